The number of ether oxygens (including phenoxy) is 3. The molecule has 5 rings (SSSR count). The van der Waals surface area contributed by atoms with Crippen molar-refractivity contribution in [1.29, 1.82) is 0 Å². The van der Waals surface area contributed by atoms with Gasteiger partial charge in [0.15, 0.2) is 0 Å². The maximum atomic E-state index is 12.0. The molecule has 1 heterocycles. The van der Waals surface area contributed by atoms with Gasteiger partial charge in [-0.2, -0.15) is 0 Å². The van der Waals surface area contributed by atoms with Gasteiger partial charge < -0.3 is 19.5 Å². The molecule has 1 atom stereocenters. The molecule has 1 N–H and O–H groups in total. The Morgan fingerprint density at radius 1 is 0.816 bits per heavy atom. The molecule has 1 fully saturated rings. The van der Waals surface area contributed by atoms with Gasteiger partial charge in [-0.15, -0.1) is 0 Å². The van der Waals surface area contributed by atoms with Crippen molar-refractivity contribution in [3.63, 3.8) is 0 Å². The highest BCUT2D eigenvalue weighted by atomic mass is 32.2. The summed E-state index contributed by atoms with van der Waals surface area (Å²) in [6.45, 7) is 3.12. The van der Waals surface area contributed by atoms with Crippen LogP contribution in [0.15, 0.2) is 84.9 Å². The van der Waals surface area contributed by atoms with Crippen LogP contribution in [-0.2, 0) is 11.2 Å². The van der Waals surface area contributed by atoms with Crippen molar-refractivity contribution in [3.05, 3.63) is 96.1 Å². The number of fused-ring (bicyclic) bond motifs is 1. The molecule has 1 aliphatic rings. The molecule has 0 saturated carbocycles. The molecule has 1 amide bonds. The van der Waals surface area contributed by atoms with Gasteiger partial charge in [0.2, 0.25) is 5.12 Å². The standard InChI is InChI=1S/C31H29NO5S/c1-2-8-22-19-25(37-28-14-6-10-21-9-3-4-13-26(21)28)15-16-27(22)36-18-7-17-35-24-12-5-11-23(20-24)29-30(33)38-31(34)32-29/h3-6,9-16,19-20,29H,2,7-8,17-18H2,1H3,(H,32,34). The molecule has 0 spiro atoms. The molecule has 38 heavy (non-hydrogen) atoms. The van der Waals surface area contributed by atoms with Crippen LogP contribution in [0.2, 0.25) is 0 Å². The van der Waals surface area contributed by atoms with E-state index in [4.69, 9.17) is 14.2 Å². The fourth-order valence-electron chi connectivity index (χ4n) is 4.43. The Bertz CT molecular complexity index is 1450. The lowest BCUT2D eigenvalue weighted by Gasteiger charge is -2.15. The summed E-state index contributed by atoms with van der Waals surface area (Å²) >= 11 is 0.703. The van der Waals surface area contributed by atoms with Crippen molar-refractivity contribution in [1.82, 2.24) is 5.32 Å². The second-order valence-electron chi connectivity index (χ2n) is 9.01. The quantitative estimate of drug-likeness (QED) is 0.204. The van der Waals surface area contributed by atoms with Crippen LogP contribution in [0, 0.1) is 0 Å². The molecular formula is C31H29NO5S. The van der Waals surface area contributed by atoms with Crippen molar-refractivity contribution < 1.29 is 23.8 Å². The van der Waals surface area contributed by atoms with E-state index in [-0.39, 0.29) is 10.4 Å². The number of aryl methyl sites for hydroxylation is 1. The molecule has 1 aliphatic heterocycles. The van der Waals surface area contributed by atoms with Crippen LogP contribution in [0.3, 0.4) is 0 Å². The Labute approximate surface area is 226 Å². The minimum Gasteiger partial charge on any atom is -0.493 e. The summed E-state index contributed by atoms with van der Waals surface area (Å²) in [7, 11) is 0. The predicted molar refractivity (Wildman–Crippen MR) is 150 cm³/mol. The zero-order valence-electron chi connectivity index (χ0n) is 21.1. The van der Waals surface area contributed by atoms with Gasteiger partial charge >= 0.3 is 0 Å². The zero-order chi connectivity index (χ0) is 26.3. The number of benzene rings is 4. The topological polar surface area (TPSA) is 73.9 Å². The summed E-state index contributed by atoms with van der Waals surface area (Å²) in [5.74, 6) is 3.13. The van der Waals surface area contributed by atoms with Gasteiger partial charge in [-0.25, -0.2) is 0 Å². The summed E-state index contributed by atoms with van der Waals surface area (Å²) in [5, 5.41) is 4.38. The first-order valence-corrected chi connectivity index (χ1v) is 13.6. The third kappa shape index (κ3) is 6.11. The van der Waals surface area contributed by atoms with E-state index in [0.717, 1.165) is 52.0 Å². The van der Waals surface area contributed by atoms with Gasteiger partial charge in [-0.05, 0) is 59.3 Å². The van der Waals surface area contributed by atoms with E-state index in [1.807, 2.05) is 54.6 Å². The van der Waals surface area contributed by atoms with Crippen LogP contribution in [0.5, 0.6) is 23.0 Å². The number of nitrogens with one attached hydrogen (secondary N) is 1. The Hall–Kier alpha value is -3.97. The summed E-state index contributed by atoms with van der Waals surface area (Å²) in [6.07, 6.45) is 2.58. The number of amides is 1. The average molecular weight is 528 g/mol. The first kappa shape index (κ1) is 25.7. The fraction of sp³-hybridized carbons (Fsp3) is 0.226. The van der Waals surface area contributed by atoms with Crippen LogP contribution in [0.25, 0.3) is 10.8 Å². The number of carbonyl (C=O) groups is 2. The number of hydrogen-bond acceptors (Lipinski definition) is 6. The molecular weight excluding hydrogens is 498 g/mol. The monoisotopic (exact) mass is 527 g/mol. The average Bonchev–Trinajstić information content (AvgIpc) is 3.28. The maximum absolute atomic E-state index is 12.0. The largest absolute Gasteiger partial charge is 0.493 e. The second kappa shape index (κ2) is 12.0. The Morgan fingerprint density at radius 3 is 2.47 bits per heavy atom. The number of thioether (sulfide) groups is 1. The molecule has 6 nitrogen and oxygen atoms in total. The van der Waals surface area contributed by atoms with Gasteiger partial charge in [0.05, 0.1) is 13.2 Å². The molecule has 1 unspecified atom stereocenters. The van der Waals surface area contributed by atoms with Crippen molar-refractivity contribution in [3.8, 4) is 23.0 Å². The second-order valence-corrected chi connectivity index (χ2v) is 9.99. The highest BCUT2D eigenvalue weighted by Crippen LogP contribution is 2.33. The zero-order valence-corrected chi connectivity index (χ0v) is 22.0. The highest BCUT2D eigenvalue weighted by Gasteiger charge is 2.32. The van der Waals surface area contributed by atoms with E-state index >= 15 is 0 Å². The van der Waals surface area contributed by atoms with Crippen molar-refractivity contribution in [2.75, 3.05) is 13.2 Å². The molecule has 4 aromatic rings. The van der Waals surface area contributed by atoms with Crippen molar-refractivity contribution in [2.24, 2.45) is 0 Å². The van der Waals surface area contributed by atoms with Crippen LogP contribution in [-0.4, -0.2) is 23.6 Å². The van der Waals surface area contributed by atoms with Crippen LogP contribution >= 0.6 is 11.8 Å². The normalized spacial score (nSPS) is 14.9. The Balaban J connectivity index is 1.16. The maximum Gasteiger partial charge on any atom is 0.287 e. The van der Waals surface area contributed by atoms with Gasteiger partial charge in [0.1, 0.15) is 29.0 Å². The number of hydrogen-bond donors (Lipinski definition) is 1. The van der Waals surface area contributed by atoms with E-state index in [1.165, 1.54) is 0 Å². The molecule has 0 aliphatic carbocycles. The van der Waals surface area contributed by atoms with E-state index in [2.05, 4.69) is 36.5 Å². The molecule has 194 valence electrons. The lowest BCUT2D eigenvalue weighted by molar-refractivity contribution is -0.112. The van der Waals surface area contributed by atoms with Gasteiger partial charge in [-0.1, -0.05) is 61.9 Å². The van der Waals surface area contributed by atoms with Crippen LogP contribution in [0.1, 0.15) is 36.9 Å². The minimum absolute atomic E-state index is 0.197. The SMILES string of the molecule is CCCc1cc(Oc2cccc3ccccc23)ccc1OCCCOc1cccc(C2NC(=O)SC2=O)c1. The summed E-state index contributed by atoms with van der Waals surface area (Å²) in [5.41, 5.74) is 1.83. The van der Waals surface area contributed by atoms with Crippen LogP contribution < -0.4 is 19.5 Å². The highest BCUT2D eigenvalue weighted by molar-refractivity contribution is 8.26. The number of rotatable bonds is 11. The lowest BCUT2D eigenvalue weighted by atomic mass is 10.1. The van der Waals surface area contributed by atoms with Gasteiger partial charge in [0, 0.05) is 23.6 Å². The Kier molecular flexibility index (Phi) is 8.14. The first-order chi connectivity index (χ1) is 18.6. The minimum atomic E-state index is -0.621. The van der Waals surface area contributed by atoms with Crippen molar-refractivity contribution in [2.45, 2.75) is 32.2 Å². The molecule has 4 aromatic carbocycles. The van der Waals surface area contributed by atoms with E-state index in [0.29, 0.717) is 37.1 Å². The van der Waals surface area contributed by atoms with Crippen molar-refractivity contribution >= 4 is 32.9 Å². The van der Waals surface area contributed by atoms with E-state index in [1.54, 1.807) is 6.07 Å². The van der Waals surface area contributed by atoms with E-state index < -0.39 is 6.04 Å². The molecule has 7 heteroatoms. The lowest BCUT2D eigenvalue weighted by Crippen LogP contribution is -2.19. The van der Waals surface area contributed by atoms with Gasteiger partial charge in [0.25, 0.3) is 5.24 Å². The smallest absolute Gasteiger partial charge is 0.287 e. The predicted octanol–water partition coefficient (Wildman–Crippen LogP) is 7.46. The van der Waals surface area contributed by atoms with E-state index in [9.17, 15) is 9.59 Å². The molecule has 0 bridgehead atoms. The first-order valence-electron chi connectivity index (χ1n) is 12.8. The fourth-order valence-corrected chi connectivity index (χ4v) is 5.10. The van der Waals surface area contributed by atoms with Gasteiger partial charge in [-0.3, -0.25) is 9.59 Å². The molecule has 1 saturated heterocycles. The van der Waals surface area contributed by atoms with Crippen LogP contribution in [0.4, 0.5) is 4.79 Å². The third-order valence-electron chi connectivity index (χ3n) is 6.23. The summed E-state index contributed by atoms with van der Waals surface area (Å²) in [4.78, 5) is 23.5. The Morgan fingerprint density at radius 2 is 1.63 bits per heavy atom. The third-order valence-corrected chi connectivity index (χ3v) is 6.97. The summed E-state index contributed by atoms with van der Waals surface area (Å²) in [6, 6.07) is 26.9. The summed E-state index contributed by atoms with van der Waals surface area (Å²) < 4.78 is 18.2. The number of carbonyl (C=O) groups excluding carboxylic acids is 2. The molecule has 0 aromatic heterocycles. The molecule has 0 radical (unpaired) electrons.